The molecule has 1 aliphatic rings. The van der Waals surface area contributed by atoms with E-state index in [0.717, 1.165) is 5.56 Å². The highest BCUT2D eigenvalue weighted by Gasteiger charge is 2.31. The number of carbonyl (C=O) groups is 1. The van der Waals surface area contributed by atoms with Gasteiger partial charge >= 0.3 is 5.97 Å². The molecule has 1 aromatic heterocycles. The van der Waals surface area contributed by atoms with E-state index in [4.69, 9.17) is 4.74 Å². The molecule has 1 aromatic carbocycles. The van der Waals surface area contributed by atoms with Gasteiger partial charge in [0.25, 0.3) is 0 Å². The molecular formula is C12H12N4O2. The Morgan fingerprint density at radius 3 is 2.61 bits per heavy atom. The summed E-state index contributed by atoms with van der Waals surface area (Å²) in [5, 5.41) is 7.89. The number of hydrogen-bond acceptors (Lipinski definition) is 5. The second kappa shape index (κ2) is 3.83. The highest BCUT2D eigenvalue weighted by atomic mass is 16.6. The van der Waals surface area contributed by atoms with Crippen LogP contribution >= 0.6 is 0 Å². The highest BCUT2D eigenvalue weighted by molar-refractivity contribution is 5.94. The van der Waals surface area contributed by atoms with E-state index < -0.39 is 6.23 Å². The van der Waals surface area contributed by atoms with Gasteiger partial charge in [0, 0.05) is 5.56 Å². The normalized spacial score (nSPS) is 17.4. The lowest BCUT2D eigenvalue weighted by atomic mass is 10.1. The summed E-state index contributed by atoms with van der Waals surface area (Å²) < 4.78 is 7.00. The van der Waals surface area contributed by atoms with Crippen LogP contribution in [0.15, 0.2) is 24.3 Å². The van der Waals surface area contributed by atoms with Crippen molar-refractivity contribution in [2.75, 3.05) is 5.43 Å². The van der Waals surface area contributed by atoms with Gasteiger partial charge in [0.15, 0.2) is 0 Å². The Bertz CT molecular complexity index is 601. The number of fused-ring (bicyclic) bond motifs is 1. The maximum absolute atomic E-state index is 11.7. The average molecular weight is 244 g/mol. The van der Waals surface area contributed by atoms with Crippen molar-refractivity contribution in [1.29, 1.82) is 0 Å². The van der Waals surface area contributed by atoms with Crippen molar-refractivity contribution < 1.29 is 9.53 Å². The Kier molecular flexibility index (Phi) is 2.29. The molecule has 18 heavy (non-hydrogen) atoms. The molecule has 0 aliphatic carbocycles. The SMILES string of the molecule is Cc1nnc(C)n1NC1OC(=O)c2ccccc21. The van der Waals surface area contributed by atoms with Crippen molar-refractivity contribution in [3.05, 3.63) is 47.0 Å². The number of aromatic nitrogens is 3. The Labute approximate surface area is 104 Å². The maximum atomic E-state index is 11.7. The van der Waals surface area contributed by atoms with Gasteiger partial charge in [-0.25, -0.2) is 9.47 Å². The van der Waals surface area contributed by atoms with Crippen LogP contribution in [0.4, 0.5) is 0 Å². The summed E-state index contributed by atoms with van der Waals surface area (Å²) in [4.78, 5) is 11.7. The largest absolute Gasteiger partial charge is 0.432 e. The first-order chi connectivity index (χ1) is 8.66. The predicted molar refractivity (Wildman–Crippen MR) is 63.5 cm³/mol. The standard InChI is InChI=1S/C12H12N4O2/c1-7-13-14-8(2)16(7)15-11-9-5-3-4-6-10(9)12(17)18-11/h3-6,11,15H,1-2H3. The first-order valence-corrected chi connectivity index (χ1v) is 5.62. The Hall–Kier alpha value is -2.37. The van der Waals surface area contributed by atoms with Gasteiger partial charge in [-0.3, -0.25) is 5.43 Å². The third-order valence-corrected chi connectivity index (χ3v) is 2.92. The van der Waals surface area contributed by atoms with Crippen LogP contribution in [0.5, 0.6) is 0 Å². The fourth-order valence-corrected chi connectivity index (χ4v) is 2.01. The number of cyclic esters (lactones) is 1. The zero-order valence-corrected chi connectivity index (χ0v) is 10.0. The molecule has 0 spiro atoms. The van der Waals surface area contributed by atoms with Gasteiger partial charge in [0.05, 0.1) is 5.56 Å². The Balaban J connectivity index is 1.94. The number of carbonyl (C=O) groups excluding carboxylic acids is 1. The van der Waals surface area contributed by atoms with Crippen molar-refractivity contribution in [3.63, 3.8) is 0 Å². The van der Waals surface area contributed by atoms with Crippen LogP contribution in [-0.2, 0) is 4.74 Å². The van der Waals surface area contributed by atoms with Gasteiger partial charge in [0.2, 0.25) is 6.23 Å². The third kappa shape index (κ3) is 1.54. The molecule has 0 radical (unpaired) electrons. The van der Waals surface area contributed by atoms with Crippen LogP contribution in [0.3, 0.4) is 0 Å². The van der Waals surface area contributed by atoms with E-state index in [1.807, 2.05) is 32.0 Å². The smallest absolute Gasteiger partial charge is 0.340 e. The molecule has 1 atom stereocenters. The van der Waals surface area contributed by atoms with E-state index >= 15 is 0 Å². The second-order valence-corrected chi connectivity index (χ2v) is 4.13. The molecule has 2 aromatic rings. The second-order valence-electron chi connectivity index (χ2n) is 4.13. The minimum Gasteiger partial charge on any atom is -0.432 e. The maximum Gasteiger partial charge on any atom is 0.340 e. The van der Waals surface area contributed by atoms with Crippen molar-refractivity contribution in [1.82, 2.24) is 14.9 Å². The summed E-state index contributed by atoms with van der Waals surface area (Å²) in [6, 6.07) is 7.32. The molecule has 6 heteroatoms. The zero-order valence-electron chi connectivity index (χ0n) is 10.0. The number of benzene rings is 1. The van der Waals surface area contributed by atoms with Gasteiger partial charge in [-0.15, -0.1) is 10.2 Å². The topological polar surface area (TPSA) is 69.0 Å². The molecule has 0 bridgehead atoms. The molecule has 3 rings (SSSR count). The van der Waals surface area contributed by atoms with Gasteiger partial charge in [0.1, 0.15) is 11.6 Å². The third-order valence-electron chi connectivity index (χ3n) is 2.92. The molecule has 92 valence electrons. The minimum atomic E-state index is -0.498. The molecule has 0 amide bonds. The van der Waals surface area contributed by atoms with E-state index in [0.29, 0.717) is 17.2 Å². The molecule has 1 unspecified atom stereocenters. The summed E-state index contributed by atoms with van der Waals surface area (Å²) >= 11 is 0. The molecule has 2 heterocycles. The number of nitrogens with one attached hydrogen (secondary N) is 1. The van der Waals surface area contributed by atoms with Crippen LogP contribution in [0.2, 0.25) is 0 Å². The molecule has 0 fully saturated rings. The van der Waals surface area contributed by atoms with Crippen molar-refractivity contribution in [3.8, 4) is 0 Å². The number of rotatable bonds is 2. The molecular weight excluding hydrogens is 232 g/mol. The number of ether oxygens (including phenoxy) is 1. The molecule has 6 nitrogen and oxygen atoms in total. The molecule has 1 aliphatic heterocycles. The zero-order chi connectivity index (χ0) is 12.7. The van der Waals surface area contributed by atoms with Crippen LogP contribution in [-0.4, -0.2) is 20.8 Å². The number of aryl methyl sites for hydroxylation is 2. The van der Waals surface area contributed by atoms with Crippen molar-refractivity contribution in [2.24, 2.45) is 0 Å². The predicted octanol–water partition coefficient (Wildman–Crippen LogP) is 1.31. The highest BCUT2D eigenvalue weighted by Crippen LogP contribution is 2.29. The fraction of sp³-hybridized carbons (Fsp3) is 0.250. The minimum absolute atomic E-state index is 0.313. The summed E-state index contributed by atoms with van der Waals surface area (Å²) in [6.07, 6.45) is -0.498. The summed E-state index contributed by atoms with van der Waals surface area (Å²) in [5.74, 6) is 1.12. The lowest BCUT2D eigenvalue weighted by molar-refractivity contribution is 0.0413. The van der Waals surface area contributed by atoms with E-state index in [1.54, 1.807) is 10.7 Å². The van der Waals surface area contributed by atoms with Crippen molar-refractivity contribution in [2.45, 2.75) is 20.1 Å². The summed E-state index contributed by atoms with van der Waals surface area (Å²) in [5.41, 5.74) is 4.52. The Morgan fingerprint density at radius 2 is 1.89 bits per heavy atom. The van der Waals surface area contributed by atoms with Gasteiger partial charge in [-0.1, -0.05) is 18.2 Å². The van der Waals surface area contributed by atoms with E-state index in [1.165, 1.54) is 0 Å². The van der Waals surface area contributed by atoms with Gasteiger partial charge < -0.3 is 4.74 Å². The summed E-state index contributed by atoms with van der Waals surface area (Å²) in [6.45, 7) is 3.66. The van der Waals surface area contributed by atoms with Crippen LogP contribution < -0.4 is 5.43 Å². The molecule has 0 saturated heterocycles. The summed E-state index contributed by atoms with van der Waals surface area (Å²) in [7, 11) is 0. The number of esters is 1. The Morgan fingerprint density at radius 1 is 1.22 bits per heavy atom. The fourth-order valence-electron chi connectivity index (χ4n) is 2.01. The van der Waals surface area contributed by atoms with Crippen LogP contribution in [0.25, 0.3) is 0 Å². The first kappa shape index (κ1) is 10.8. The van der Waals surface area contributed by atoms with Crippen molar-refractivity contribution >= 4 is 5.97 Å². The number of hydrogen-bond donors (Lipinski definition) is 1. The van der Waals surface area contributed by atoms with E-state index in [-0.39, 0.29) is 5.97 Å². The molecule has 1 N–H and O–H groups in total. The lowest BCUT2D eigenvalue weighted by Gasteiger charge is -2.16. The molecule has 0 saturated carbocycles. The van der Waals surface area contributed by atoms with Gasteiger partial charge in [-0.2, -0.15) is 0 Å². The monoisotopic (exact) mass is 244 g/mol. The van der Waals surface area contributed by atoms with Crippen LogP contribution in [0, 0.1) is 13.8 Å². The quantitative estimate of drug-likeness (QED) is 0.806. The lowest BCUT2D eigenvalue weighted by Crippen LogP contribution is -2.23. The van der Waals surface area contributed by atoms with E-state index in [9.17, 15) is 4.79 Å². The average Bonchev–Trinajstić information content (AvgIpc) is 2.86. The first-order valence-electron chi connectivity index (χ1n) is 5.62. The van der Waals surface area contributed by atoms with E-state index in [2.05, 4.69) is 15.6 Å². The van der Waals surface area contributed by atoms with Crippen LogP contribution in [0.1, 0.15) is 33.8 Å². The van der Waals surface area contributed by atoms with Gasteiger partial charge in [-0.05, 0) is 19.9 Å². The number of nitrogens with zero attached hydrogens (tertiary/aromatic N) is 3.